The molecule has 0 bridgehead atoms. The smallest absolute Gasteiger partial charge is 0.240 e. The van der Waals surface area contributed by atoms with Crippen molar-refractivity contribution in [2.45, 2.75) is 31.1 Å². The molecule has 0 atom stereocenters. The SMILES string of the molecule is CCCc1ccc(S(=O)(=O)NCCCN2CCN(c3ccccc3OC)CC2)cc1. The molecule has 1 heterocycles. The number of rotatable bonds is 10. The van der Waals surface area contributed by atoms with Crippen molar-refractivity contribution in [3.8, 4) is 5.75 Å². The van der Waals surface area contributed by atoms with Crippen molar-refractivity contribution in [2.24, 2.45) is 0 Å². The quantitative estimate of drug-likeness (QED) is 0.586. The van der Waals surface area contributed by atoms with Crippen molar-refractivity contribution in [2.75, 3.05) is 51.3 Å². The number of anilines is 1. The second-order valence-electron chi connectivity index (χ2n) is 7.65. The van der Waals surface area contributed by atoms with Gasteiger partial charge in [-0.2, -0.15) is 0 Å². The summed E-state index contributed by atoms with van der Waals surface area (Å²) in [7, 11) is -1.73. The van der Waals surface area contributed by atoms with E-state index in [-0.39, 0.29) is 0 Å². The summed E-state index contributed by atoms with van der Waals surface area (Å²) in [5, 5.41) is 0. The Morgan fingerprint density at radius 2 is 1.70 bits per heavy atom. The Kier molecular flexibility index (Phi) is 8.13. The summed E-state index contributed by atoms with van der Waals surface area (Å²) in [4.78, 5) is 5.08. The molecule has 0 unspecified atom stereocenters. The normalized spacial score (nSPS) is 15.3. The van der Waals surface area contributed by atoms with Crippen molar-refractivity contribution in [3.63, 3.8) is 0 Å². The van der Waals surface area contributed by atoms with Crippen LogP contribution in [0.5, 0.6) is 5.75 Å². The summed E-state index contributed by atoms with van der Waals surface area (Å²) >= 11 is 0. The van der Waals surface area contributed by atoms with Crippen LogP contribution in [0.3, 0.4) is 0 Å². The highest BCUT2D eigenvalue weighted by atomic mass is 32.2. The Morgan fingerprint density at radius 1 is 1.00 bits per heavy atom. The molecule has 7 heteroatoms. The standard InChI is InChI=1S/C23H33N3O3S/c1-3-7-20-10-12-21(13-11-20)30(27,28)24-14-6-15-25-16-18-26(19-17-25)22-8-4-5-9-23(22)29-2/h4-5,8-13,24H,3,6-7,14-19H2,1-2H3. The molecule has 6 nitrogen and oxygen atoms in total. The van der Waals surface area contributed by atoms with Crippen LogP contribution < -0.4 is 14.4 Å². The van der Waals surface area contributed by atoms with Crippen LogP contribution >= 0.6 is 0 Å². The molecule has 0 spiro atoms. The van der Waals surface area contributed by atoms with Crippen molar-refractivity contribution in [1.29, 1.82) is 0 Å². The number of nitrogens with one attached hydrogen (secondary N) is 1. The second kappa shape index (κ2) is 10.8. The highest BCUT2D eigenvalue weighted by molar-refractivity contribution is 7.89. The summed E-state index contributed by atoms with van der Waals surface area (Å²) in [6, 6.07) is 15.3. The minimum atomic E-state index is -3.44. The van der Waals surface area contributed by atoms with Crippen molar-refractivity contribution in [3.05, 3.63) is 54.1 Å². The lowest BCUT2D eigenvalue weighted by Crippen LogP contribution is -2.47. The number of nitrogens with zero attached hydrogens (tertiary/aromatic N) is 2. The Labute approximate surface area is 180 Å². The first-order valence-corrected chi connectivity index (χ1v) is 12.2. The summed E-state index contributed by atoms with van der Waals surface area (Å²) < 4.78 is 33.1. The molecule has 30 heavy (non-hydrogen) atoms. The van der Waals surface area contributed by atoms with Gasteiger partial charge in [-0.3, -0.25) is 4.90 Å². The predicted octanol–water partition coefficient (Wildman–Crippen LogP) is 3.14. The molecule has 1 aliphatic rings. The van der Waals surface area contributed by atoms with Crippen LogP contribution in [-0.2, 0) is 16.4 Å². The third kappa shape index (κ3) is 5.97. The monoisotopic (exact) mass is 431 g/mol. The number of piperazine rings is 1. The second-order valence-corrected chi connectivity index (χ2v) is 9.41. The molecule has 0 amide bonds. The Balaban J connectivity index is 1.41. The lowest BCUT2D eigenvalue weighted by molar-refractivity contribution is 0.254. The first-order chi connectivity index (χ1) is 14.5. The molecular formula is C23H33N3O3S. The zero-order chi connectivity index (χ0) is 21.4. The number of para-hydroxylation sites is 2. The highest BCUT2D eigenvalue weighted by Gasteiger charge is 2.19. The maximum atomic E-state index is 12.5. The van der Waals surface area contributed by atoms with Crippen LogP contribution in [0.25, 0.3) is 0 Å². The van der Waals surface area contributed by atoms with Crippen molar-refractivity contribution >= 4 is 15.7 Å². The van der Waals surface area contributed by atoms with Gasteiger partial charge in [-0.1, -0.05) is 37.6 Å². The summed E-state index contributed by atoms with van der Waals surface area (Å²) in [5.41, 5.74) is 2.31. The van der Waals surface area contributed by atoms with Gasteiger partial charge in [-0.25, -0.2) is 13.1 Å². The molecule has 0 aromatic heterocycles. The van der Waals surface area contributed by atoms with Gasteiger partial charge in [0, 0.05) is 32.7 Å². The molecule has 1 N–H and O–H groups in total. The van der Waals surface area contributed by atoms with Crippen molar-refractivity contribution in [1.82, 2.24) is 9.62 Å². The average Bonchev–Trinajstić information content (AvgIpc) is 2.78. The Morgan fingerprint density at radius 3 is 2.37 bits per heavy atom. The van der Waals surface area contributed by atoms with Crippen LogP contribution in [0.1, 0.15) is 25.3 Å². The lowest BCUT2D eigenvalue weighted by Gasteiger charge is -2.36. The van der Waals surface area contributed by atoms with Crippen LogP contribution in [0.4, 0.5) is 5.69 Å². The molecule has 2 aromatic rings. The molecule has 3 rings (SSSR count). The van der Waals surface area contributed by atoms with E-state index < -0.39 is 10.0 Å². The minimum Gasteiger partial charge on any atom is -0.495 e. The average molecular weight is 432 g/mol. The molecule has 0 radical (unpaired) electrons. The van der Waals surface area contributed by atoms with Gasteiger partial charge in [0.05, 0.1) is 17.7 Å². The van der Waals surface area contributed by atoms with E-state index in [1.165, 1.54) is 5.56 Å². The number of ether oxygens (including phenoxy) is 1. The van der Waals surface area contributed by atoms with Crippen LogP contribution in [-0.4, -0.2) is 59.7 Å². The zero-order valence-electron chi connectivity index (χ0n) is 18.0. The molecule has 2 aromatic carbocycles. The van der Waals surface area contributed by atoms with Crippen LogP contribution in [0.15, 0.2) is 53.4 Å². The number of hydrogen-bond acceptors (Lipinski definition) is 5. The molecule has 164 valence electrons. The zero-order valence-corrected chi connectivity index (χ0v) is 18.8. The first-order valence-electron chi connectivity index (χ1n) is 10.7. The maximum absolute atomic E-state index is 12.5. The fraction of sp³-hybridized carbons (Fsp3) is 0.478. The maximum Gasteiger partial charge on any atom is 0.240 e. The molecule has 1 fully saturated rings. The van der Waals surface area contributed by atoms with E-state index in [2.05, 4.69) is 27.5 Å². The van der Waals surface area contributed by atoms with Gasteiger partial charge in [0.2, 0.25) is 10.0 Å². The fourth-order valence-corrected chi connectivity index (χ4v) is 4.89. The number of methoxy groups -OCH3 is 1. The van der Waals surface area contributed by atoms with Crippen LogP contribution in [0.2, 0.25) is 0 Å². The number of sulfonamides is 1. The largest absolute Gasteiger partial charge is 0.495 e. The lowest BCUT2D eigenvalue weighted by atomic mass is 10.1. The van der Waals surface area contributed by atoms with E-state index in [0.717, 1.165) is 63.4 Å². The van der Waals surface area contributed by atoms with E-state index in [9.17, 15) is 8.42 Å². The third-order valence-electron chi connectivity index (χ3n) is 5.51. The van der Waals surface area contributed by atoms with E-state index >= 15 is 0 Å². The molecule has 1 saturated heterocycles. The first kappa shape index (κ1) is 22.6. The topological polar surface area (TPSA) is 61.9 Å². The van der Waals surface area contributed by atoms with Gasteiger partial charge in [-0.05, 0) is 49.2 Å². The minimum absolute atomic E-state index is 0.341. The van der Waals surface area contributed by atoms with Gasteiger partial charge >= 0.3 is 0 Å². The summed E-state index contributed by atoms with van der Waals surface area (Å²) in [6.07, 6.45) is 2.82. The van der Waals surface area contributed by atoms with Gasteiger partial charge in [0.1, 0.15) is 5.75 Å². The number of hydrogen-bond donors (Lipinski definition) is 1. The molecule has 0 saturated carbocycles. The Bertz CT molecular complexity index is 892. The predicted molar refractivity (Wildman–Crippen MR) is 122 cm³/mol. The molecular weight excluding hydrogens is 398 g/mol. The van der Waals surface area contributed by atoms with E-state index in [0.29, 0.717) is 11.4 Å². The van der Waals surface area contributed by atoms with E-state index in [4.69, 9.17) is 4.74 Å². The molecule has 0 aliphatic carbocycles. The van der Waals surface area contributed by atoms with Gasteiger partial charge < -0.3 is 9.64 Å². The van der Waals surface area contributed by atoms with E-state index in [1.807, 2.05) is 30.3 Å². The molecule has 1 aliphatic heterocycles. The van der Waals surface area contributed by atoms with Crippen molar-refractivity contribution < 1.29 is 13.2 Å². The van der Waals surface area contributed by atoms with Gasteiger partial charge in [0.15, 0.2) is 0 Å². The summed E-state index contributed by atoms with van der Waals surface area (Å²) in [5.74, 6) is 0.906. The van der Waals surface area contributed by atoms with Gasteiger partial charge in [0.25, 0.3) is 0 Å². The highest BCUT2D eigenvalue weighted by Crippen LogP contribution is 2.28. The van der Waals surface area contributed by atoms with Gasteiger partial charge in [-0.15, -0.1) is 0 Å². The number of benzene rings is 2. The third-order valence-corrected chi connectivity index (χ3v) is 6.99. The Hall–Kier alpha value is -2.09. The van der Waals surface area contributed by atoms with Crippen LogP contribution in [0, 0.1) is 0 Å². The fourth-order valence-electron chi connectivity index (χ4n) is 3.82. The summed E-state index contributed by atoms with van der Waals surface area (Å²) in [6.45, 7) is 7.26. The van der Waals surface area contributed by atoms with E-state index in [1.54, 1.807) is 19.2 Å². The number of aryl methyl sites for hydroxylation is 1.